The van der Waals surface area contributed by atoms with Crippen LogP contribution >= 0.6 is 11.3 Å². The number of ether oxygens (including phenoxy) is 1. The van der Waals surface area contributed by atoms with Gasteiger partial charge in [-0.3, -0.25) is 0 Å². The Kier molecular flexibility index (Phi) is 7.44. The number of hydrogen-bond acceptors (Lipinski definition) is 7. The van der Waals surface area contributed by atoms with Crippen molar-refractivity contribution < 1.29 is 14.6 Å². The van der Waals surface area contributed by atoms with Crippen LogP contribution in [0.5, 0.6) is 0 Å². The summed E-state index contributed by atoms with van der Waals surface area (Å²) < 4.78 is 5.53. The monoisotopic (exact) mass is 493 g/mol. The third kappa shape index (κ3) is 5.74. The van der Waals surface area contributed by atoms with Crippen molar-refractivity contribution in [2.45, 2.75) is 19.4 Å². The van der Waals surface area contributed by atoms with E-state index in [1.807, 2.05) is 5.38 Å². The van der Waals surface area contributed by atoms with Crippen LogP contribution in [0.15, 0.2) is 53.4 Å². The Morgan fingerprint density at radius 2 is 1.86 bits per heavy atom. The zero-order valence-corrected chi connectivity index (χ0v) is 20.6. The average Bonchev–Trinajstić information content (AvgIpc) is 3.42. The molecule has 0 bridgehead atoms. The summed E-state index contributed by atoms with van der Waals surface area (Å²) in [4.78, 5) is 27.2. The molecule has 4 heterocycles. The largest absolute Gasteiger partial charge is 0.465 e. The fourth-order valence-corrected chi connectivity index (χ4v) is 5.45. The average molecular weight is 494 g/mol. The minimum absolute atomic E-state index is 0.339. The van der Waals surface area contributed by atoms with E-state index in [1.165, 1.54) is 21.9 Å². The standard InChI is InChI=1S/C26H31N5O3S/c32-26(33)31(17-21-18-35-19-27-21)16-20-8-10-30(11-9-20)25-7-3-5-23(28-25)22-4-1-2-6-24(22)29-12-14-34-15-13-29/h1-7,18-20H,8-17H2,(H,32,33). The molecule has 5 rings (SSSR count). The van der Waals surface area contributed by atoms with Crippen molar-refractivity contribution >= 4 is 28.9 Å². The fourth-order valence-electron chi connectivity index (χ4n) is 4.90. The number of anilines is 2. The van der Waals surface area contributed by atoms with E-state index in [-0.39, 0.29) is 0 Å². The molecule has 0 saturated carbocycles. The molecule has 35 heavy (non-hydrogen) atoms. The van der Waals surface area contributed by atoms with E-state index in [0.29, 0.717) is 19.0 Å². The molecule has 0 spiro atoms. The number of hydrogen-bond donors (Lipinski definition) is 1. The van der Waals surface area contributed by atoms with Crippen LogP contribution in [0.4, 0.5) is 16.3 Å². The summed E-state index contributed by atoms with van der Waals surface area (Å²) in [6, 6.07) is 14.7. The Bertz CT molecular complexity index is 1110. The van der Waals surface area contributed by atoms with Gasteiger partial charge in [0.05, 0.1) is 36.7 Å². The van der Waals surface area contributed by atoms with Crippen LogP contribution < -0.4 is 9.80 Å². The van der Waals surface area contributed by atoms with Crippen LogP contribution in [0.25, 0.3) is 11.3 Å². The number of pyridine rings is 1. The number of benzene rings is 1. The molecular weight excluding hydrogens is 462 g/mol. The second-order valence-electron chi connectivity index (χ2n) is 9.07. The number of carboxylic acid groups (broad SMARTS) is 1. The molecule has 9 heteroatoms. The minimum Gasteiger partial charge on any atom is -0.465 e. The van der Waals surface area contributed by atoms with E-state index in [9.17, 15) is 9.90 Å². The molecule has 0 aliphatic carbocycles. The number of amides is 1. The molecule has 2 aromatic heterocycles. The minimum atomic E-state index is -0.881. The molecule has 0 radical (unpaired) electrons. The van der Waals surface area contributed by atoms with Crippen molar-refractivity contribution in [1.82, 2.24) is 14.9 Å². The maximum atomic E-state index is 11.8. The maximum absolute atomic E-state index is 11.8. The highest BCUT2D eigenvalue weighted by molar-refractivity contribution is 7.07. The first-order valence-electron chi connectivity index (χ1n) is 12.2. The van der Waals surface area contributed by atoms with E-state index < -0.39 is 6.09 Å². The Balaban J connectivity index is 1.24. The van der Waals surface area contributed by atoms with Crippen molar-refractivity contribution in [2.24, 2.45) is 5.92 Å². The SMILES string of the molecule is O=C(O)N(Cc1cscn1)CC1CCN(c2cccc(-c3ccccc3N3CCOCC3)n2)CC1. The molecular formula is C26H31N5O3S. The van der Waals surface area contributed by atoms with E-state index in [1.54, 1.807) is 5.51 Å². The van der Waals surface area contributed by atoms with Gasteiger partial charge >= 0.3 is 6.09 Å². The second kappa shape index (κ2) is 11.0. The third-order valence-electron chi connectivity index (χ3n) is 6.79. The highest BCUT2D eigenvalue weighted by Gasteiger charge is 2.25. The zero-order chi connectivity index (χ0) is 24.0. The van der Waals surface area contributed by atoms with Crippen LogP contribution in [0.3, 0.4) is 0 Å². The normalized spacial score (nSPS) is 16.9. The molecule has 1 N–H and O–H groups in total. The molecule has 184 valence electrons. The second-order valence-corrected chi connectivity index (χ2v) is 9.79. The molecule has 2 aliphatic heterocycles. The van der Waals surface area contributed by atoms with Crippen LogP contribution in [0.2, 0.25) is 0 Å². The number of rotatable bonds is 7. The predicted molar refractivity (Wildman–Crippen MR) is 138 cm³/mol. The molecule has 2 aliphatic rings. The van der Waals surface area contributed by atoms with Gasteiger partial charge in [0, 0.05) is 49.4 Å². The molecule has 3 aromatic rings. The lowest BCUT2D eigenvalue weighted by Crippen LogP contribution is -2.40. The maximum Gasteiger partial charge on any atom is 0.407 e. The van der Waals surface area contributed by atoms with Crippen molar-refractivity contribution in [3.05, 3.63) is 59.0 Å². The number of aromatic nitrogens is 2. The third-order valence-corrected chi connectivity index (χ3v) is 7.43. The number of para-hydroxylation sites is 1. The van der Waals surface area contributed by atoms with Crippen LogP contribution in [0, 0.1) is 5.92 Å². The summed E-state index contributed by atoms with van der Waals surface area (Å²) in [6.07, 6.45) is 1.00. The summed E-state index contributed by atoms with van der Waals surface area (Å²) in [6.45, 7) is 5.92. The van der Waals surface area contributed by atoms with Gasteiger partial charge in [0.1, 0.15) is 5.82 Å². The van der Waals surface area contributed by atoms with Gasteiger partial charge in [-0.1, -0.05) is 24.3 Å². The van der Waals surface area contributed by atoms with E-state index in [2.05, 4.69) is 57.2 Å². The Labute approximate surface area is 209 Å². The van der Waals surface area contributed by atoms with E-state index in [0.717, 1.165) is 75.0 Å². The summed E-state index contributed by atoms with van der Waals surface area (Å²) in [5.74, 6) is 1.32. The Hall–Kier alpha value is -3.17. The summed E-state index contributed by atoms with van der Waals surface area (Å²) in [5, 5.41) is 11.6. The molecule has 8 nitrogen and oxygen atoms in total. The Morgan fingerprint density at radius 3 is 2.60 bits per heavy atom. The van der Waals surface area contributed by atoms with E-state index in [4.69, 9.17) is 9.72 Å². The molecule has 2 fully saturated rings. The van der Waals surface area contributed by atoms with Gasteiger partial charge in [-0.05, 0) is 37.0 Å². The Morgan fingerprint density at radius 1 is 1.06 bits per heavy atom. The topological polar surface area (TPSA) is 82.0 Å². The number of thiazole rings is 1. The fraction of sp³-hybridized carbons (Fsp3) is 0.423. The van der Waals surface area contributed by atoms with Crippen molar-refractivity contribution in [2.75, 3.05) is 55.7 Å². The smallest absolute Gasteiger partial charge is 0.407 e. The summed E-state index contributed by atoms with van der Waals surface area (Å²) >= 11 is 1.49. The van der Waals surface area contributed by atoms with Gasteiger partial charge in [-0.25, -0.2) is 14.8 Å². The first kappa shape index (κ1) is 23.6. The first-order valence-corrected chi connectivity index (χ1v) is 13.1. The molecule has 1 amide bonds. The van der Waals surface area contributed by atoms with Crippen molar-refractivity contribution in [1.29, 1.82) is 0 Å². The highest BCUT2D eigenvalue weighted by atomic mass is 32.1. The van der Waals surface area contributed by atoms with Crippen LogP contribution in [-0.2, 0) is 11.3 Å². The lowest BCUT2D eigenvalue weighted by Gasteiger charge is -2.35. The van der Waals surface area contributed by atoms with Gasteiger partial charge < -0.3 is 24.5 Å². The van der Waals surface area contributed by atoms with Crippen molar-refractivity contribution in [3.8, 4) is 11.3 Å². The lowest BCUT2D eigenvalue weighted by molar-refractivity contribution is 0.122. The van der Waals surface area contributed by atoms with Crippen LogP contribution in [0.1, 0.15) is 18.5 Å². The molecule has 1 aromatic carbocycles. The number of carbonyl (C=O) groups is 1. The number of nitrogens with zero attached hydrogens (tertiary/aromatic N) is 5. The summed E-state index contributed by atoms with van der Waals surface area (Å²) in [7, 11) is 0. The van der Waals surface area contributed by atoms with Gasteiger partial charge in [-0.2, -0.15) is 0 Å². The van der Waals surface area contributed by atoms with Gasteiger partial charge in [0.15, 0.2) is 0 Å². The molecule has 0 atom stereocenters. The highest BCUT2D eigenvalue weighted by Crippen LogP contribution is 2.32. The van der Waals surface area contributed by atoms with Crippen LogP contribution in [-0.4, -0.2) is 72.0 Å². The summed E-state index contributed by atoms with van der Waals surface area (Å²) in [5.41, 5.74) is 5.88. The van der Waals surface area contributed by atoms with E-state index >= 15 is 0 Å². The predicted octanol–water partition coefficient (Wildman–Crippen LogP) is 4.44. The number of morpholine rings is 1. The van der Waals surface area contributed by atoms with Gasteiger partial charge in [0.2, 0.25) is 0 Å². The molecule has 2 saturated heterocycles. The lowest BCUT2D eigenvalue weighted by atomic mass is 9.96. The molecule has 0 unspecified atom stereocenters. The zero-order valence-electron chi connectivity index (χ0n) is 19.8. The van der Waals surface area contributed by atoms with Gasteiger partial charge in [-0.15, -0.1) is 11.3 Å². The first-order chi connectivity index (χ1) is 17.2. The van der Waals surface area contributed by atoms with Crippen molar-refractivity contribution in [3.63, 3.8) is 0 Å². The quantitative estimate of drug-likeness (QED) is 0.521. The number of piperidine rings is 1. The van der Waals surface area contributed by atoms with Gasteiger partial charge in [0.25, 0.3) is 0 Å².